The predicted octanol–water partition coefficient (Wildman–Crippen LogP) is 1.20. The molecular weight excluding hydrogens is 218 g/mol. The Morgan fingerprint density at radius 3 is 3.24 bits per heavy atom. The fourth-order valence-electron chi connectivity index (χ4n) is 3.25. The lowest BCUT2D eigenvalue weighted by Gasteiger charge is -2.47. The molecule has 0 spiro atoms. The van der Waals surface area contributed by atoms with Crippen molar-refractivity contribution in [1.82, 2.24) is 15.0 Å². The molecule has 1 N–H and O–H groups in total. The van der Waals surface area contributed by atoms with E-state index in [1.165, 1.54) is 19.2 Å². The Kier molecular flexibility index (Phi) is 2.88. The van der Waals surface area contributed by atoms with E-state index in [4.69, 9.17) is 4.52 Å². The van der Waals surface area contributed by atoms with Crippen molar-refractivity contribution in [3.8, 4) is 0 Å². The molecule has 1 saturated carbocycles. The van der Waals surface area contributed by atoms with Gasteiger partial charge >= 0.3 is 0 Å². The van der Waals surface area contributed by atoms with Crippen LogP contribution in [0.25, 0.3) is 0 Å². The third-order valence-corrected chi connectivity index (χ3v) is 4.28. The van der Waals surface area contributed by atoms with Gasteiger partial charge in [-0.1, -0.05) is 18.0 Å². The standard InChI is InChI=1S/C12H19N3O2/c16-12-4-2-1-3-10(12)7-15(6-5-12)8-11-13-9-17-14-11/h9-10,16H,1-8H2. The van der Waals surface area contributed by atoms with Gasteiger partial charge in [0.15, 0.2) is 5.82 Å². The summed E-state index contributed by atoms with van der Waals surface area (Å²) in [5, 5.41) is 14.4. The van der Waals surface area contributed by atoms with Crippen LogP contribution in [0.5, 0.6) is 0 Å². The molecule has 2 heterocycles. The van der Waals surface area contributed by atoms with Crippen molar-refractivity contribution in [3.63, 3.8) is 0 Å². The number of aliphatic hydroxyl groups is 1. The molecule has 1 aliphatic carbocycles. The summed E-state index contributed by atoms with van der Waals surface area (Å²) in [6.45, 7) is 2.63. The maximum atomic E-state index is 10.6. The molecule has 2 aliphatic rings. The van der Waals surface area contributed by atoms with Crippen molar-refractivity contribution in [2.75, 3.05) is 13.1 Å². The summed E-state index contributed by atoms with van der Waals surface area (Å²) in [6, 6.07) is 0. The van der Waals surface area contributed by atoms with Gasteiger partial charge in [-0.3, -0.25) is 4.90 Å². The van der Waals surface area contributed by atoms with Gasteiger partial charge in [-0.15, -0.1) is 0 Å². The molecule has 2 unspecified atom stereocenters. The molecule has 5 heteroatoms. The predicted molar refractivity (Wildman–Crippen MR) is 61.1 cm³/mol. The van der Waals surface area contributed by atoms with E-state index in [0.29, 0.717) is 5.92 Å². The topological polar surface area (TPSA) is 62.4 Å². The van der Waals surface area contributed by atoms with Crippen molar-refractivity contribution in [3.05, 3.63) is 12.2 Å². The van der Waals surface area contributed by atoms with E-state index in [2.05, 4.69) is 15.0 Å². The SMILES string of the molecule is OC12CCCCC1CN(Cc1ncon1)CC2. The highest BCUT2D eigenvalue weighted by Gasteiger charge is 2.42. The van der Waals surface area contributed by atoms with Crippen molar-refractivity contribution < 1.29 is 9.63 Å². The summed E-state index contributed by atoms with van der Waals surface area (Å²) in [6.07, 6.45) is 6.82. The Morgan fingerprint density at radius 2 is 2.41 bits per heavy atom. The summed E-state index contributed by atoms with van der Waals surface area (Å²) < 4.78 is 4.75. The van der Waals surface area contributed by atoms with Crippen LogP contribution in [-0.2, 0) is 6.54 Å². The maximum absolute atomic E-state index is 10.6. The third-order valence-electron chi connectivity index (χ3n) is 4.28. The molecule has 2 fully saturated rings. The zero-order valence-electron chi connectivity index (χ0n) is 10.0. The molecule has 0 aromatic carbocycles. The van der Waals surface area contributed by atoms with Crippen LogP contribution in [0.1, 0.15) is 37.9 Å². The highest BCUT2D eigenvalue weighted by molar-refractivity contribution is 4.96. The fourth-order valence-corrected chi connectivity index (χ4v) is 3.25. The van der Waals surface area contributed by atoms with Crippen LogP contribution >= 0.6 is 0 Å². The average molecular weight is 237 g/mol. The molecule has 0 amide bonds. The molecule has 1 aromatic heterocycles. The number of hydrogen-bond donors (Lipinski definition) is 1. The van der Waals surface area contributed by atoms with E-state index in [0.717, 1.165) is 44.7 Å². The van der Waals surface area contributed by atoms with Crippen LogP contribution in [0.4, 0.5) is 0 Å². The van der Waals surface area contributed by atoms with Gasteiger partial charge in [-0.2, -0.15) is 4.98 Å². The van der Waals surface area contributed by atoms with E-state index in [1.54, 1.807) is 0 Å². The molecule has 0 radical (unpaired) electrons. The van der Waals surface area contributed by atoms with E-state index in [9.17, 15) is 5.11 Å². The minimum Gasteiger partial charge on any atom is -0.390 e. The Labute approximate surface area is 101 Å². The largest absolute Gasteiger partial charge is 0.390 e. The van der Waals surface area contributed by atoms with Crippen LogP contribution in [0.15, 0.2) is 10.9 Å². The molecule has 94 valence electrons. The van der Waals surface area contributed by atoms with E-state index in [-0.39, 0.29) is 0 Å². The number of aromatic nitrogens is 2. The molecule has 1 saturated heterocycles. The highest BCUT2D eigenvalue weighted by Crippen LogP contribution is 2.39. The van der Waals surface area contributed by atoms with Crippen molar-refractivity contribution >= 4 is 0 Å². The van der Waals surface area contributed by atoms with E-state index < -0.39 is 5.60 Å². The fraction of sp³-hybridized carbons (Fsp3) is 0.833. The molecule has 0 bridgehead atoms. The van der Waals surface area contributed by atoms with Gasteiger partial charge < -0.3 is 9.63 Å². The second-order valence-corrected chi connectivity index (χ2v) is 5.38. The monoisotopic (exact) mass is 237 g/mol. The van der Waals surface area contributed by atoms with Gasteiger partial charge in [0.25, 0.3) is 0 Å². The zero-order valence-corrected chi connectivity index (χ0v) is 10.0. The molecular formula is C12H19N3O2. The van der Waals surface area contributed by atoms with E-state index >= 15 is 0 Å². The smallest absolute Gasteiger partial charge is 0.213 e. The van der Waals surface area contributed by atoms with Crippen LogP contribution in [-0.4, -0.2) is 38.8 Å². The Hall–Kier alpha value is -0.940. The number of nitrogens with zero attached hydrogens (tertiary/aromatic N) is 3. The maximum Gasteiger partial charge on any atom is 0.213 e. The van der Waals surface area contributed by atoms with Crippen molar-refractivity contribution in [2.45, 2.75) is 44.2 Å². The van der Waals surface area contributed by atoms with Gasteiger partial charge in [0.05, 0.1) is 12.1 Å². The van der Waals surface area contributed by atoms with Crippen molar-refractivity contribution in [1.29, 1.82) is 0 Å². The van der Waals surface area contributed by atoms with Gasteiger partial charge in [-0.05, 0) is 19.3 Å². The summed E-state index contributed by atoms with van der Waals surface area (Å²) in [5.41, 5.74) is -0.397. The molecule has 1 aliphatic heterocycles. The Bertz CT molecular complexity index is 368. The van der Waals surface area contributed by atoms with Crippen LogP contribution in [0, 0.1) is 5.92 Å². The quantitative estimate of drug-likeness (QED) is 0.837. The Balaban J connectivity index is 1.63. The number of rotatable bonds is 2. The number of piperidine rings is 1. The molecule has 3 rings (SSSR count). The molecule has 17 heavy (non-hydrogen) atoms. The number of fused-ring (bicyclic) bond motifs is 1. The molecule has 2 atom stereocenters. The Morgan fingerprint density at radius 1 is 1.47 bits per heavy atom. The summed E-state index contributed by atoms with van der Waals surface area (Å²) in [7, 11) is 0. The van der Waals surface area contributed by atoms with Gasteiger partial charge in [0.1, 0.15) is 0 Å². The highest BCUT2D eigenvalue weighted by atomic mass is 16.5. The van der Waals surface area contributed by atoms with E-state index in [1.807, 2.05) is 0 Å². The lowest BCUT2D eigenvalue weighted by molar-refractivity contribution is -0.0971. The van der Waals surface area contributed by atoms with Crippen molar-refractivity contribution in [2.24, 2.45) is 5.92 Å². The second-order valence-electron chi connectivity index (χ2n) is 5.38. The van der Waals surface area contributed by atoms with Gasteiger partial charge in [0, 0.05) is 19.0 Å². The lowest BCUT2D eigenvalue weighted by atomic mass is 9.71. The number of likely N-dealkylation sites (tertiary alicyclic amines) is 1. The first-order chi connectivity index (χ1) is 8.26. The summed E-state index contributed by atoms with van der Waals surface area (Å²) in [4.78, 5) is 6.38. The summed E-state index contributed by atoms with van der Waals surface area (Å²) >= 11 is 0. The minimum atomic E-state index is -0.397. The first-order valence-corrected chi connectivity index (χ1v) is 6.46. The first kappa shape index (κ1) is 11.2. The second kappa shape index (κ2) is 4.38. The molecule has 1 aromatic rings. The van der Waals surface area contributed by atoms with Gasteiger partial charge in [0.2, 0.25) is 6.39 Å². The normalized spacial score (nSPS) is 34.5. The minimum absolute atomic E-state index is 0.397. The summed E-state index contributed by atoms with van der Waals surface area (Å²) in [5.74, 6) is 1.17. The first-order valence-electron chi connectivity index (χ1n) is 6.46. The van der Waals surface area contributed by atoms with Gasteiger partial charge in [-0.25, -0.2) is 0 Å². The third kappa shape index (κ3) is 2.21. The average Bonchev–Trinajstić information content (AvgIpc) is 2.82. The van der Waals surface area contributed by atoms with Crippen LogP contribution < -0.4 is 0 Å². The lowest BCUT2D eigenvalue weighted by Crippen LogP contribution is -2.53. The van der Waals surface area contributed by atoms with Crippen LogP contribution in [0.2, 0.25) is 0 Å². The molecule has 5 nitrogen and oxygen atoms in total. The number of hydrogen-bond acceptors (Lipinski definition) is 5. The zero-order chi connectivity index (χ0) is 11.7. The van der Waals surface area contributed by atoms with Crippen LogP contribution in [0.3, 0.4) is 0 Å².